The fourth-order valence-electron chi connectivity index (χ4n) is 0.797. The molecule has 0 radical (unpaired) electrons. The van der Waals surface area contributed by atoms with E-state index in [-0.39, 0.29) is 0 Å². The van der Waals surface area contributed by atoms with Crippen molar-refractivity contribution in [1.29, 1.82) is 0 Å². The van der Waals surface area contributed by atoms with Crippen molar-refractivity contribution in [2.75, 3.05) is 13.1 Å². The van der Waals surface area contributed by atoms with E-state index >= 15 is 0 Å². The van der Waals surface area contributed by atoms with Gasteiger partial charge in [0.05, 0.1) is 0 Å². The van der Waals surface area contributed by atoms with Gasteiger partial charge in [0, 0.05) is 12.6 Å². The summed E-state index contributed by atoms with van der Waals surface area (Å²) >= 11 is 0. The number of rotatable bonds is 5. The van der Waals surface area contributed by atoms with E-state index in [1.807, 2.05) is 0 Å². The summed E-state index contributed by atoms with van der Waals surface area (Å²) in [6.07, 6.45) is 1.13. The molecule has 0 aromatic rings. The van der Waals surface area contributed by atoms with Crippen molar-refractivity contribution in [3.63, 3.8) is 0 Å². The molecule has 0 aliphatic carbocycles. The summed E-state index contributed by atoms with van der Waals surface area (Å²) in [4.78, 5) is 0. The van der Waals surface area contributed by atoms with Gasteiger partial charge in [-0.1, -0.05) is 20.8 Å². The summed E-state index contributed by atoms with van der Waals surface area (Å²) in [5, 5.41) is 3.39. The third kappa shape index (κ3) is 4.77. The Labute approximate surface area is 64.2 Å². The molecule has 0 aliphatic rings. The van der Waals surface area contributed by atoms with Crippen LogP contribution in [-0.2, 0) is 0 Å². The van der Waals surface area contributed by atoms with E-state index in [9.17, 15) is 0 Å². The predicted molar refractivity (Wildman–Crippen MR) is 46.0 cm³/mol. The molecule has 1 atom stereocenters. The largest absolute Gasteiger partial charge is 0.329 e. The first-order chi connectivity index (χ1) is 4.70. The Bertz CT molecular complexity index is 67.7. The fourth-order valence-corrected chi connectivity index (χ4v) is 0.797. The molecule has 0 rings (SSSR count). The molecule has 0 heterocycles. The van der Waals surface area contributed by atoms with Gasteiger partial charge < -0.3 is 11.1 Å². The molecule has 0 aliphatic heterocycles. The SMILES string of the molecule is CCC(CN)NCC(C)C. The second kappa shape index (κ2) is 5.69. The summed E-state index contributed by atoms with van der Waals surface area (Å²) < 4.78 is 0. The molecule has 0 aromatic heterocycles. The Hall–Kier alpha value is -0.0800. The van der Waals surface area contributed by atoms with E-state index in [1.165, 1.54) is 0 Å². The van der Waals surface area contributed by atoms with Crippen LogP contribution in [0.1, 0.15) is 27.2 Å². The van der Waals surface area contributed by atoms with Crippen molar-refractivity contribution in [2.45, 2.75) is 33.2 Å². The van der Waals surface area contributed by atoms with Crippen LogP contribution in [0, 0.1) is 5.92 Å². The Morgan fingerprint density at radius 2 is 2.00 bits per heavy atom. The summed E-state index contributed by atoms with van der Waals surface area (Å²) in [5.41, 5.74) is 5.51. The highest BCUT2D eigenvalue weighted by Gasteiger charge is 2.01. The van der Waals surface area contributed by atoms with Gasteiger partial charge in [-0.15, -0.1) is 0 Å². The average molecular weight is 144 g/mol. The summed E-state index contributed by atoms with van der Waals surface area (Å²) in [7, 11) is 0. The van der Waals surface area contributed by atoms with Crippen LogP contribution in [-0.4, -0.2) is 19.1 Å². The van der Waals surface area contributed by atoms with E-state index < -0.39 is 0 Å². The van der Waals surface area contributed by atoms with Gasteiger partial charge in [-0.3, -0.25) is 0 Å². The minimum atomic E-state index is 0.516. The van der Waals surface area contributed by atoms with Gasteiger partial charge >= 0.3 is 0 Å². The van der Waals surface area contributed by atoms with Crippen LogP contribution in [0.2, 0.25) is 0 Å². The second-order valence-electron chi connectivity index (χ2n) is 3.14. The van der Waals surface area contributed by atoms with E-state index in [0.717, 1.165) is 25.4 Å². The van der Waals surface area contributed by atoms with Crippen molar-refractivity contribution in [1.82, 2.24) is 5.32 Å². The van der Waals surface area contributed by atoms with Gasteiger partial charge in [0.2, 0.25) is 0 Å². The molecule has 0 saturated carbocycles. The number of nitrogens with one attached hydrogen (secondary N) is 1. The lowest BCUT2D eigenvalue weighted by molar-refractivity contribution is 0.458. The zero-order valence-corrected chi connectivity index (χ0v) is 7.35. The first-order valence-corrected chi connectivity index (χ1v) is 4.14. The normalized spacial score (nSPS) is 14.1. The Morgan fingerprint density at radius 3 is 2.30 bits per heavy atom. The van der Waals surface area contributed by atoms with Gasteiger partial charge in [0.25, 0.3) is 0 Å². The molecule has 1 unspecified atom stereocenters. The smallest absolute Gasteiger partial charge is 0.0187 e. The third-order valence-corrected chi connectivity index (χ3v) is 1.59. The van der Waals surface area contributed by atoms with E-state index in [2.05, 4.69) is 26.1 Å². The van der Waals surface area contributed by atoms with Crippen LogP contribution in [0.4, 0.5) is 0 Å². The highest BCUT2D eigenvalue weighted by Crippen LogP contribution is 1.91. The van der Waals surface area contributed by atoms with Crippen LogP contribution in [0.25, 0.3) is 0 Å². The standard InChI is InChI=1S/C8H20N2/c1-4-8(5-9)10-6-7(2)3/h7-8,10H,4-6,9H2,1-3H3. The lowest BCUT2D eigenvalue weighted by Gasteiger charge is -2.15. The van der Waals surface area contributed by atoms with Crippen LogP contribution in [0.3, 0.4) is 0 Å². The van der Waals surface area contributed by atoms with Crippen LogP contribution in [0.5, 0.6) is 0 Å². The van der Waals surface area contributed by atoms with Gasteiger partial charge in [-0.25, -0.2) is 0 Å². The number of hydrogen-bond donors (Lipinski definition) is 2. The number of hydrogen-bond acceptors (Lipinski definition) is 2. The van der Waals surface area contributed by atoms with Crippen LogP contribution >= 0.6 is 0 Å². The molecule has 2 heteroatoms. The molecule has 0 bridgehead atoms. The highest BCUT2D eigenvalue weighted by atomic mass is 14.9. The lowest BCUT2D eigenvalue weighted by atomic mass is 10.2. The monoisotopic (exact) mass is 144 g/mol. The quantitative estimate of drug-likeness (QED) is 0.603. The van der Waals surface area contributed by atoms with Crippen molar-refractivity contribution in [3.8, 4) is 0 Å². The molecule has 0 saturated heterocycles. The second-order valence-corrected chi connectivity index (χ2v) is 3.14. The zero-order valence-electron chi connectivity index (χ0n) is 7.35. The van der Waals surface area contributed by atoms with Gasteiger partial charge in [-0.05, 0) is 18.9 Å². The Balaban J connectivity index is 3.26. The summed E-state index contributed by atoms with van der Waals surface area (Å²) in [6, 6.07) is 0.516. The first kappa shape index (κ1) is 9.92. The zero-order chi connectivity index (χ0) is 7.98. The van der Waals surface area contributed by atoms with Crippen molar-refractivity contribution >= 4 is 0 Å². The highest BCUT2D eigenvalue weighted by molar-refractivity contribution is 4.65. The molecule has 3 N–H and O–H groups in total. The maximum atomic E-state index is 5.51. The molecule has 0 aromatic carbocycles. The first-order valence-electron chi connectivity index (χ1n) is 4.14. The van der Waals surface area contributed by atoms with Gasteiger partial charge in [0.15, 0.2) is 0 Å². The topological polar surface area (TPSA) is 38.0 Å². The molecule has 10 heavy (non-hydrogen) atoms. The summed E-state index contributed by atoms with van der Waals surface area (Å²) in [6.45, 7) is 8.40. The minimum Gasteiger partial charge on any atom is -0.329 e. The molecular weight excluding hydrogens is 124 g/mol. The average Bonchev–Trinajstić information content (AvgIpc) is 1.90. The lowest BCUT2D eigenvalue weighted by Crippen LogP contribution is -2.37. The molecule has 62 valence electrons. The minimum absolute atomic E-state index is 0.516. The fraction of sp³-hybridized carbons (Fsp3) is 1.00. The van der Waals surface area contributed by atoms with Crippen molar-refractivity contribution in [3.05, 3.63) is 0 Å². The maximum absolute atomic E-state index is 5.51. The Kier molecular flexibility index (Phi) is 5.64. The summed E-state index contributed by atoms with van der Waals surface area (Å²) in [5.74, 6) is 0.723. The molecular formula is C8H20N2. The van der Waals surface area contributed by atoms with Crippen LogP contribution in [0.15, 0.2) is 0 Å². The van der Waals surface area contributed by atoms with Crippen molar-refractivity contribution < 1.29 is 0 Å². The molecule has 0 spiro atoms. The van der Waals surface area contributed by atoms with E-state index in [0.29, 0.717) is 6.04 Å². The maximum Gasteiger partial charge on any atom is 0.0187 e. The van der Waals surface area contributed by atoms with Gasteiger partial charge in [0.1, 0.15) is 0 Å². The molecule has 2 nitrogen and oxygen atoms in total. The predicted octanol–water partition coefficient (Wildman–Crippen LogP) is 0.969. The molecule has 0 fully saturated rings. The van der Waals surface area contributed by atoms with Gasteiger partial charge in [-0.2, -0.15) is 0 Å². The van der Waals surface area contributed by atoms with Crippen molar-refractivity contribution in [2.24, 2.45) is 11.7 Å². The Morgan fingerprint density at radius 1 is 1.40 bits per heavy atom. The van der Waals surface area contributed by atoms with Crippen LogP contribution < -0.4 is 11.1 Å². The molecule has 0 amide bonds. The van der Waals surface area contributed by atoms with E-state index in [4.69, 9.17) is 5.73 Å². The number of nitrogens with two attached hydrogens (primary N) is 1. The third-order valence-electron chi connectivity index (χ3n) is 1.59. The van der Waals surface area contributed by atoms with E-state index in [1.54, 1.807) is 0 Å².